The fourth-order valence-corrected chi connectivity index (χ4v) is 11.9. The van der Waals surface area contributed by atoms with Crippen molar-refractivity contribution in [2.75, 3.05) is 14.6 Å². The zero-order valence-electron chi connectivity index (χ0n) is 42.5. The predicted octanol–water partition coefficient (Wildman–Crippen LogP) is 17.9. The molecule has 4 heterocycles. The van der Waals surface area contributed by atoms with Crippen LogP contribution in [0, 0.1) is 0 Å². The summed E-state index contributed by atoms with van der Waals surface area (Å²) in [6.07, 6.45) is 0. The van der Waals surface area contributed by atoms with Gasteiger partial charge in [-0.2, -0.15) is 0 Å². The summed E-state index contributed by atoms with van der Waals surface area (Å²) in [5, 5.41) is 4.33. The second-order valence-corrected chi connectivity index (χ2v) is 22.1. The molecule has 356 valence electrons. The Balaban J connectivity index is 1.17. The van der Waals surface area contributed by atoms with E-state index in [4.69, 9.17) is 8.83 Å². The van der Waals surface area contributed by atoms with Crippen molar-refractivity contribution < 1.29 is 8.83 Å². The molecule has 0 spiro atoms. The average Bonchev–Trinajstić information content (AvgIpc) is 4.08. The van der Waals surface area contributed by atoms with E-state index in [9.17, 15) is 0 Å². The smallest absolute Gasteiger partial charge is 0.333 e. The molecule has 2 aromatic heterocycles. The van der Waals surface area contributed by atoms with Gasteiger partial charge in [-0.25, -0.2) is 0 Å². The zero-order valence-corrected chi connectivity index (χ0v) is 42.5. The summed E-state index contributed by atoms with van der Waals surface area (Å²) >= 11 is 0. The van der Waals surface area contributed by atoms with Crippen LogP contribution in [0.1, 0.15) is 52.7 Å². The minimum absolute atomic E-state index is 0.0321. The lowest BCUT2D eigenvalue weighted by Gasteiger charge is -2.46. The van der Waals surface area contributed by atoms with E-state index in [0.717, 1.165) is 123 Å². The first-order valence-electron chi connectivity index (χ1n) is 25.9. The lowest BCUT2D eigenvalue weighted by Crippen LogP contribution is -2.61. The van der Waals surface area contributed by atoms with Crippen LogP contribution in [0.2, 0.25) is 0 Å². The second-order valence-electron chi connectivity index (χ2n) is 22.1. The molecule has 10 aromatic carbocycles. The molecule has 0 fully saturated rings. The molecule has 0 unspecified atom stereocenters. The van der Waals surface area contributed by atoms with E-state index in [1.807, 2.05) is 0 Å². The van der Waals surface area contributed by atoms with Crippen molar-refractivity contribution in [3.63, 3.8) is 0 Å². The van der Waals surface area contributed by atoms with Gasteiger partial charge in [-0.15, -0.1) is 0 Å². The Morgan fingerprint density at radius 2 is 0.973 bits per heavy atom. The quantitative estimate of drug-likeness (QED) is 0.155. The second kappa shape index (κ2) is 16.4. The topological polar surface area (TPSA) is 36.0 Å². The van der Waals surface area contributed by atoms with Crippen molar-refractivity contribution in [3.8, 4) is 22.3 Å². The summed E-state index contributed by atoms with van der Waals surface area (Å²) in [4.78, 5) is 7.51. The fraction of sp³-hybridized carbons (Fsp3) is 0.118. The molecule has 2 aliphatic rings. The first-order chi connectivity index (χ1) is 36.0. The summed E-state index contributed by atoms with van der Waals surface area (Å²) in [6.45, 7) is 13.4. The first kappa shape index (κ1) is 44.0. The molecule has 0 amide bonds. The molecular formula is C68H54BN3O2. The Hall–Kier alpha value is -8.74. The highest BCUT2D eigenvalue weighted by atomic mass is 16.3. The first-order valence-corrected chi connectivity index (χ1v) is 25.9. The predicted molar refractivity (Wildman–Crippen MR) is 312 cm³/mol. The van der Waals surface area contributed by atoms with Crippen LogP contribution < -0.4 is 25.5 Å². The van der Waals surface area contributed by atoms with E-state index in [1.54, 1.807) is 0 Å². The van der Waals surface area contributed by atoms with E-state index in [2.05, 4.69) is 275 Å². The highest BCUT2D eigenvalue weighted by Crippen LogP contribution is 2.55. The number of rotatable bonds is 6. The maximum Gasteiger partial charge on any atom is 0.333 e. The molecule has 0 N–H and O–H groups in total. The van der Waals surface area contributed by atoms with Gasteiger partial charge in [0.1, 0.15) is 16.7 Å². The normalized spacial score (nSPS) is 13.2. The third-order valence-corrected chi connectivity index (χ3v) is 15.5. The highest BCUT2D eigenvalue weighted by molar-refractivity contribution is 6.94. The van der Waals surface area contributed by atoms with Crippen molar-refractivity contribution in [1.82, 2.24) is 0 Å². The Bertz CT molecular complexity index is 4130. The fourth-order valence-electron chi connectivity index (χ4n) is 11.9. The van der Waals surface area contributed by atoms with Crippen molar-refractivity contribution >= 4 is 107 Å². The van der Waals surface area contributed by atoms with Gasteiger partial charge in [-0.1, -0.05) is 163 Å². The van der Waals surface area contributed by atoms with Crippen LogP contribution in [0.15, 0.2) is 227 Å². The number of hydrogen-bond acceptors (Lipinski definition) is 5. The summed E-state index contributed by atoms with van der Waals surface area (Å²) in [5.74, 6) is 0. The van der Waals surface area contributed by atoms with Gasteiger partial charge in [0.25, 0.3) is 0 Å². The van der Waals surface area contributed by atoms with Crippen LogP contribution in [0.3, 0.4) is 0 Å². The van der Waals surface area contributed by atoms with Gasteiger partial charge < -0.3 is 23.4 Å². The minimum atomic E-state index is -0.318. The van der Waals surface area contributed by atoms with E-state index < -0.39 is 0 Å². The number of hydrogen-bond donors (Lipinski definition) is 0. The molecule has 2 aliphatic heterocycles. The van der Waals surface area contributed by atoms with Crippen LogP contribution in [-0.2, 0) is 10.8 Å². The summed E-state index contributed by atoms with van der Waals surface area (Å²) in [6, 6.07) is 79.9. The summed E-state index contributed by atoms with van der Waals surface area (Å²) in [7, 11) is 0. The molecule has 0 atom stereocenters. The maximum absolute atomic E-state index is 7.32. The van der Waals surface area contributed by atoms with Gasteiger partial charge in [0, 0.05) is 66.8 Å². The number of fused-ring (bicyclic) bond motifs is 12. The van der Waals surface area contributed by atoms with Crippen molar-refractivity contribution in [2.24, 2.45) is 0 Å². The Labute approximate surface area is 432 Å². The number of anilines is 8. The average molecular weight is 956 g/mol. The number of nitrogens with zero attached hydrogens (tertiary/aromatic N) is 3. The maximum atomic E-state index is 7.32. The third-order valence-electron chi connectivity index (χ3n) is 15.5. The molecule has 0 saturated carbocycles. The lowest BCUT2D eigenvalue weighted by atomic mass is 9.43. The van der Waals surface area contributed by atoms with Crippen LogP contribution in [0.4, 0.5) is 45.5 Å². The lowest BCUT2D eigenvalue weighted by molar-refractivity contribution is 0.590. The van der Waals surface area contributed by atoms with Crippen LogP contribution in [0.5, 0.6) is 0 Å². The summed E-state index contributed by atoms with van der Waals surface area (Å²) < 4.78 is 14.5. The Morgan fingerprint density at radius 1 is 0.419 bits per heavy atom. The molecule has 0 bridgehead atoms. The standard InChI is InChI=1S/C68H54BN3O2/c1-67(2,3)44-30-33-48(34-31-44)72-59-39-36-52-50-26-16-18-28-60(50)73-65(52)62(59)55-42-54-51-27-17-19-29-61(51)74-66(54)64-63(55)69(72)56-41-49(70(46-22-12-8-13-23-46)47-24-14-9-15-25-47)35-38-58(56)71(64)57-37-32-45(68(4,5)6)40-53(57)43-20-10-7-11-21-43/h7-42H,1-6H3. The monoisotopic (exact) mass is 955 g/mol. The SMILES string of the molecule is CC(C)(C)c1ccc(N2B3c4cc(N(c5ccccc5)c5ccccc5)ccc4N(c4ccc(C(C)(C)C)cc4-c4ccccc4)c4c3c(cc3c4oc4ccccc43)-c3c2ccc2c3oc3ccccc32)cc1. The molecular weight excluding hydrogens is 902 g/mol. The molecule has 0 aliphatic carbocycles. The molecule has 14 rings (SSSR count). The van der Waals surface area contributed by atoms with Crippen LogP contribution >= 0.6 is 0 Å². The molecule has 5 nitrogen and oxygen atoms in total. The van der Waals surface area contributed by atoms with Gasteiger partial charge in [0.05, 0.1) is 11.4 Å². The van der Waals surface area contributed by atoms with Crippen LogP contribution in [0.25, 0.3) is 66.1 Å². The van der Waals surface area contributed by atoms with Gasteiger partial charge in [-0.3, -0.25) is 0 Å². The third kappa shape index (κ3) is 6.78. The van der Waals surface area contributed by atoms with Crippen molar-refractivity contribution in [2.45, 2.75) is 52.4 Å². The van der Waals surface area contributed by atoms with E-state index in [-0.39, 0.29) is 17.7 Å². The zero-order chi connectivity index (χ0) is 50.0. The number of para-hydroxylation sites is 4. The van der Waals surface area contributed by atoms with E-state index in [1.165, 1.54) is 11.1 Å². The largest absolute Gasteiger partial charge is 0.455 e. The number of benzene rings is 10. The van der Waals surface area contributed by atoms with Gasteiger partial charge in [-0.05, 0) is 141 Å². The van der Waals surface area contributed by atoms with Gasteiger partial charge in [0.2, 0.25) is 0 Å². The van der Waals surface area contributed by atoms with Gasteiger partial charge >= 0.3 is 6.85 Å². The minimum Gasteiger partial charge on any atom is -0.455 e. The molecule has 74 heavy (non-hydrogen) atoms. The van der Waals surface area contributed by atoms with E-state index >= 15 is 0 Å². The Kier molecular flexibility index (Phi) is 9.75. The molecule has 12 aromatic rings. The summed E-state index contributed by atoms with van der Waals surface area (Å²) in [5.41, 5.74) is 21.2. The van der Waals surface area contributed by atoms with E-state index in [0.29, 0.717) is 0 Å². The van der Waals surface area contributed by atoms with Gasteiger partial charge in [0.15, 0.2) is 5.58 Å². The molecule has 0 saturated heterocycles. The molecule has 0 radical (unpaired) electrons. The highest BCUT2D eigenvalue weighted by Gasteiger charge is 2.48. The molecule has 6 heteroatoms. The van der Waals surface area contributed by atoms with Crippen molar-refractivity contribution in [1.29, 1.82) is 0 Å². The van der Waals surface area contributed by atoms with Crippen LogP contribution in [-0.4, -0.2) is 6.85 Å². The number of furan rings is 2. The Morgan fingerprint density at radius 3 is 1.62 bits per heavy atom. The van der Waals surface area contributed by atoms with Crippen molar-refractivity contribution in [3.05, 3.63) is 230 Å².